The van der Waals surface area contributed by atoms with Gasteiger partial charge in [0.1, 0.15) is 0 Å². The molecule has 3 aromatic rings. The van der Waals surface area contributed by atoms with Gasteiger partial charge in [-0.1, -0.05) is 48.0 Å². The van der Waals surface area contributed by atoms with Gasteiger partial charge in [0.05, 0.1) is 9.90 Å². The van der Waals surface area contributed by atoms with Gasteiger partial charge in [-0.2, -0.15) is 0 Å². The molecule has 0 fully saturated rings. The standard InChI is InChI=1S/C16H9ClOS/c17-15-12-6-5-11-10-4-2-1-3-9(10)7-13(11)16(12)19-14(15)8-18/h1-6,8H,7H2. The van der Waals surface area contributed by atoms with Crippen molar-refractivity contribution in [2.45, 2.75) is 6.42 Å². The Balaban J connectivity index is 2.08. The predicted octanol–water partition coefficient (Wildman–Crippen LogP) is 4.94. The molecule has 1 aliphatic carbocycles. The largest absolute Gasteiger partial charge is 0.297 e. The second-order valence-electron chi connectivity index (χ2n) is 4.70. The van der Waals surface area contributed by atoms with Crippen LogP contribution in [0.3, 0.4) is 0 Å². The zero-order valence-electron chi connectivity index (χ0n) is 9.94. The Labute approximate surface area is 119 Å². The zero-order chi connectivity index (χ0) is 13.0. The van der Waals surface area contributed by atoms with Crippen molar-refractivity contribution in [1.82, 2.24) is 0 Å². The third-order valence-electron chi connectivity index (χ3n) is 3.71. The third-order valence-corrected chi connectivity index (χ3v) is 5.42. The summed E-state index contributed by atoms with van der Waals surface area (Å²) < 4.78 is 1.15. The first-order valence-corrected chi connectivity index (χ1v) is 7.26. The minimum absolute atomic E-state index is 0.591. The first kappa shape index (κ1) is 11.2. The van der Waals surface area contributed by atoms with Gasteiger partial charge in [-0.25, -0.2) is 0 Å². The van der Waals surface area contributed by atoms with Crippen molar-refractivity contribution in [1.29, 1.82) is 0 Å². The second kappa shape index (κ2) is 3.92. The highest BCUT2D eigenvalue weighted by atomic mass is 35.5. The molecule has 4 rings (SSSR count). The molecule has 1 nitrogen and oxygen atoms in total. The van der Waals surface area contributed by atoms with Crippen LogP contribution in [-0.2, 0) is 6.42 Å². The second-order valence-corrected chi connectivity index (χ2v) is 6.13. The summed E-state index contributed by atoms with van der Waals surface area (Å²) >= 11 is 7.75. The average Bonchev–Trinajstić information content (AvgIpc) is 2.97. The van der Waals surface area contributed by atoms with Gasteiger partial charge in [0.15, 0.2) is 6.29 Å². The number of aldehydes is 1. The fourth-order valence-corrected chi connectivity index (χ4v) is 4.26. The van der Waals surface area contributed by atoms with Crippen LogP contribution in [0.5, 0.6) is 0 Å². The molecule has 0 N–H and O–H groups in total. The lowest BCUT2D eigenvalue weighted by Crippen LogP contribution is -1.80. The summed E-state index contributed by atoms with van der Waals surface area (Å²) in [5, 5.41) is 1.59. The lowest BCUT2D eigenvalue weighted by atomic mass is 10.0. The quantitative estimate of drug-likeness (QED) is 0.453. The SMILES string of the molecule is O=Cc1sc2c3c(ccc2c1Cl)-c1ccccc1C3. The topological polar surface area (TPSA) is 17.1 Å². The number of carbonyl (C=O) groups excluding carboxylic acids is 1. The van der Waals surface area contributed by atoms with Gasteiger partial charge in [-0.15, -0.1) is 11.3 Å². The molecule has 0 bridgehead atoms. The molecule has 0 radical (unpaired) electrons. The zero-order valence-corrected chi connectivity index (χ0v) is 11.5. The van der Waals surface area contributed by atoms with Crippen LogP contribution in [-0.4, -0.2) is 6.29 Å². The summed E-state index contributed by atoms with van der Waals surface area (Å²) in [5.41, 5.74) is 5.23. The van der Waals surface area contributed by atoms with Gasteiger partial charge in [0.2, 0.25) is 0 Å². The molecule has 0 saturated heterocycles. The summed E-state index contributed by atoms with van der Waals surface area (Å²) in [4.78, 5) is 11.7. The Morgan fingerprint density at radius 3 is 2.79 bits per heavy atom. The Morgan fingerprint density at radius 1 is 1.11 bits per heavy atom. The van der Waals surface area contributed by atoms with Crippen molar-refractivity contribution < 1.29 is 4.79 Å². The molecule has 0 unspecified atom stereocenters. The van der Waals surface area contributed by atoms with E-state index in [-0.39, 0.29) is 0 Å². The minimum atomic E-state index is 0.591. The molecule has 0 aliphatic heterocycles. The lowest BCUT2D eigenvalue weighted by molar-refractivity contribution is 0.112. The molecular weight excluding hydrogens is 276 g/mol. The van der Waals surface area contributed by atoms with E-state index < -0.39 is 0 Å². The number of fused-ring (bicyclic) bond motifs is 5. The highest BCUT2D eigenvalue weighted by Gasteiger charge is 2.22. The summed E-state index contributed by atoms with van der Waals surface area (Å²) in [7, 11) is 0. The first-order chi connectivity index (χ1) is 9.29. The fourth-order valence-electron chi connectivity index (χ4n) is 2.84. The van der Waals surface area contributed by atoms with Crippen molar-refractivity contribution in [3.63, 3.8) is 0 Å². The molecule has 19 heavy (non-hydrogen) atoms. The van der Waals surface area contributed by atoms with Crippen LogP contribution >= 0.6 is 22.9 Å². The maximum Gasteiger partial charge on any atom is 0.161 e. The van der Waals surface area contributed by atoms with E-state index in [1.54, 1.807) is 0 Å². The first-order valence-electron chi connectivity index (χ1n) is 6.07. The third kappa shape index (κ3) is 1.44. The molecule has 92 valence electrons. The molecular formula is C16H9ClOS. The summed E-state index contributed by atoms with van der Waals surface area (Å²) in [5.74, 6) is 0. The molecule has 3 heteroatoms. The Kier molecular flexibility index (Phi) is 2.32. The van der Waals surface area contributed by atoms with Gasteiger partial charge in [-0.05, 0) is 22.3 Å². The average molecular weight is 285 g/mol. The number of hydrogen-bond donors (Lipinski definition) is 0. The monoisotopic (exact) mass is 284 g/mol. The van der Waals surface area contributed by atoms with E-state index in [0.29, 0.717) is 9.90 Å². The van der Waals surface area contributed by atoms with Crippen LogP contribution in [0.15, 0.2) is 36.4 Å². The van der Waals surface area contributed by atoms with Crippen molar-refractivity contribution in [2.24, 2.45) is 0 Å². The molecule has 1 aliphatic rings. The minimum Gasteiger partial charge on any atom is -0.297 e. The number of benzene rings is 2. The maximum absolute atomic E-state index is 11.0. The Morgan fingerprint density at radius 2 is 1.95 bits per heavy atom. The van der Waals surface area contributed by atoms with E-state index in [4.69, 9.17) is 11.6 Å². The van der Waals surface area contributed by atoms with Gasteiger partial charge in [0.25, 0.3) is 0 Å². The molecule has 0 atom stereocenters. The van der Waals surface area contributed by atoms with Crippen LogP contribution in [0.4, 0.5) is 0 Å². The molecule has 0 spiro atoms. The van der Waals surface area contributed by atoms with Crippen LogP contribution in [0.2, 0.25) is 5.02 Å². The molecule has 1 heterocycles. The highest BCUT2D eigenvalue weighted by molar-refractivity contribution is 7.21. The highest BCUT2D eigenvalue weighted by Crippen LogP contribution is 2.45. The van der Waals surface area contributed by atoms with Crippen LogP contribution < -0.4 is 0 Å². The van der Waals surface area contributed by atoms with E-state index >= 15 is 0 Å². The predicted molar refractivity (Wildman–Crippen MR) is 80.5 cm³/mol. The lowest BCUT2D eigenvalue weighted by Gasteiger charge is -2.01. The summed E-state index contributed by atoms with van der Waals surface area (Å²) in [6, 6.07) is 12.6. The molecule has 0 saturated carbocycles. The van der Waals surface area contributed by atoms with Crippen LogP contribution in [0.1, 0.15) is 20.8 Å². The smallest absolute Gasteiger partial charge is 0.161 e. The van der Waals surface area contributed by atoms with E-state index in [2.05, 4.69) is 30.3 Å². The molecule has 2 aromatic carbocycles. The molecule has 0 amide bonds. The van der Waals surface area contributed by atoms with E-state index in [1.165, 1.54) is 33.6 Å². The summed E-state index contributed by atoms with van der Waals surface area (Å²) in [6.45, 7) is 0. The normalized spacial score (nSPS) is 12.5. The van der Waals surface area contributed by atoms with Gasteiger partial charge in [-0.3, -0.25) is 4.79 Å². The maximum atomic E-state index is 11.0. The van der Waals surface area contributed by atoms with Crippen LogP contribution in [0, 0.1) is 0 Å². The fraction of sp³-hybridized carbons (Fsp3) is 0.0625. The van der Waals surface area contributed by atoms with Gasteiger partial charge in [0, 0.05) is 16.5 Å². The number of carbonyl (C=O) groups is 1. The number of halogens is 1. The van der Waals surface area contributed by atoms with Crippen molar-refractivity contribution in [3.05, 3.63) is 57.4 Å². The van der Waals surface area contributed by atoms with Gasteiger partial charge >= 0.3 is 0 Å². The van der Waals surface area contributed by atoms with Crippen molar-refractivity contribution >= 4 is 39.3 Å². The Bertz CT molecular complexity index is 832. The number of thiophene rings is 1. The van der Waals surface area contributed by atoms with Crippen molar-refractivity contribution in [2.75, 3.05) is 0 Å². The van der Waals surface area contributed by atoms with E-state index in [0.717, 1.165) is 22.8 Å². The summed E-state index contributed by atoms with van der Waals surface area (Å²) in [6.07, 6.45) is 1.78. The number of hydrogen-bond acceptors (Lipinski definition) is 2. The van der Waals surface area contributed by atoms with Gasteiger partial charge < -0.3 is 0 Å². The number of rotatable bonds is 1. The van der Waals surface area contributed by atoms with Crippen LogP contribution in [0.25, 0.3) is 21.2 Å². The van der Waals surface area contributed by atoms with Crippen molar-refractivity contribution in [3.8, 4) is 11.1 Å². The molecule has 1 aromatic heterocycles. The van der Waals surface area contributed by atoms with E-state index in [1.807, 2.05) is 6.07 Å². The Hall–Kier alpha value is -1.64. The van der Waals surface area contributed by atoms with E-state index in [9.17, 15) is 4.79 Å².